The van der Waals surface area contributed by atoms with Crippen molar-refractivity contribution in [3.8, 4) is 0 Å². The maximum absolute atomic E-state index is 14.9. The Labute approximate surface area is 335 Å². The van der Waals surface area contributed by atoms with E-state index in [1.165, 1.54) is 38.6 Å². The highest BCUT2D eigenvalue weighted by atomic mass is 19.1. The van der Waals surface area contributed by atoms with Crippen molar-refractivity contribution in [2.75, 3.05) is 82.9 Å². The van der Waals surface area contributed by atoms with E-state index in [4.69, 9.17) is 10.5 Å². The zero-order valence-electron chi connectivity index (χ0n) is 32.9. The number of amides is 4. The number of benzene rings is 2. The largest absolute Gasteiger partial charge is 0.453 e. The fraction of sp³-hybridized carbons (Fsp3) is 0.350. The van der Waals surface area contributed by atoms with E-state index in [2.05, 4.69) is 35.2 Å². The van der Waals surface area contributed by atoms with Gasteiger partial charge < -0.3 is 35.6 Å². The summed E-state index contributed by atoms with van der Waals surface area (Å²) in [5.74, 6) is -0.976. The molecule has 0 radical (unpaired) electrons. The molecule has 16 nitrogen and oxygen atoms in total. The number of nitrogens with one attached hydrogen (secondary N) is 2. The summed E-state index contributed by atoms with van der Waals surface area (Å²) in [6, 6.07) is 16.3. The van der Waals surface area contributed by atoms with Crippen molar-refractivity contribution in [3.05, 3.63) is 107 Å². The van der Waals surface area contributed by atoms with Gasteiger partial charge in [0.05, 0.1) is 43.7 Å². The molecule has 4 heterocycles. The number of anilines is 3. The first kappa shape index (κ1) is 44.2. The number of pyridine rings is 2. The van der Waals surface area contributed by atoms with Crippen LogP contribution >= 0.6 is 0 Å². The predicted molar refractivity (Wildman–Crippen MR) is 214 cm³/mol. The number of halogens is 2. The summed E-state index contributed by atoms with van der Waals surface area (Å²) in [6.45, 7) is 9.22. The van der Waals surface area contributed by atoms with Gasteiger partial charge in [-0.15, -0.1) is 0 Å². The minimum Gasteiger partial charge on any atom is -0.453 e. The maximum Gasteiger partial charge on any atom is 0.409 e. The van der Waals surface area contributed by atoms with Gasteiger partial charge in [-0.1, -0.05) is 24.3 Å². The molecule has 0 atom stereocenters. The number of rotatable bonds is 7. The first-order chi connectivity index (χ1) is 27.9. The number of piperazine rings is 2. The minimum atomic E-state index is -0.543. The van der Waals surface area contributed by atoms with Crippen LogP contribution < -0.4 is 16.4 Å². The van der Waals surface area contributed by atoms with Gasteiger partial charge in [-0.3, -0.25) is 19.8 Å². The highest BCUT2D eigenvalue weighted by Gasteiger charge is 2.24. The molecule has 2 aromatic carbocycles. The van der Waals surface area contributed by atoms with E-state index in [9.17, 15) is 28.0 Å². The Morgan fingerprint density at radius 1 is 0.724 bits per heavy atom. The Morgan fingerprint density at radius 2 is 1.24 bits per heavy atom. The van der Waals surface area contributed by atoms with E-state index in [0.717, 1.165) is 17.1 Å². The maximum atomic E-state index is 14.9. The van der Waals surface area contributed by atoms with Crippen molar-refractivity contribution in [2.24, 2.45) is 4.99 Å². The number of isocyanates is 1. The fourth-order valence-corrected chi connectivity index (χ4v) is 5.85. The van der Waals surface area contributed by atoms with Crippen LogP contribution in [-0.4, -0.2) is 120 Å². The van der Waals surface area contributed by atoms with Crippen LogP contribution in [0.4, 0.5) is 45.9 Å². The summed E-state index contributed by atoms with van der Waals surface area (Å²) >= 11 is 0. The number of hydrogen-bond acceptors (Lipinski definition) is 12. The second kappa shape index (κ2) is 22.3. The van der Waals surface area contributed by atoms with Crippen LogP contribution in [0.15, 0.2) is 78.0 Å². The van der Waals surface area contributed by atoms with Gasteiger partial charge in [-0.2, -0.15) is 4.99 Å². The summed E-state index contributed by atoms with van der Waals surface area (Å²) in [5.41, 5.74) is 9.49. The first-order valence-electron chi connectivity index (χ1n) is 18.3. The lowest BCUT2D eigenvalue weighted by atomic mass is 10.1. The number of ether oxygens (including phenoxy) is 2. The average Bonchev–Trinajstić information content (AvgIpc) is 3.23. The van der Waals surface area contributed by atoms with Gasteiger partial charge in [0.25, 0.3) is 0 Å². The number of aliphatic imine (C=N–C) groups is 1. The zero-order valence-corrected chi connectivity index (χ0v) is 32.9. The van der Waals surface area contributed by atoms with Crippen molar-refractivity contribution >= 4 is 47.0 Å². The van der Waals surface area contributed by atoms with E-state index in [0.29, 0.717) is 82.3 Å². The Morgan fingerprint density at radius 3 is 1.71 bits per heavy atom. The molecular formula is C40H48F2N10O6. The molecular weight excluding hydrogens is 754 g/mol. The van der Waals surface area contributed by atoms with E-state index < -0.39 is 17.7 Å². The van der Waals surface area contributed by atoms with Crippen molar-refractivity contribution < 1.29 is 37.4 Å². The third-order valence-electron chi connectivity index (χ3n) is 9.05. The average molecular weight is 803 g/mol. The Hall–Kier alpha value is -6.49. The van der Waals surface area contributed by atoms with Gasteiger partial charge in [0.15, 0.2) is 11.6 Å². The smallest absolute Gasteiger partial charge is 0.409 e. The molecule has 2 fully saturated rings. The van der Waals surface area contributed by atoms with Gasteiger partial charge in [0.1, 0.15) is 5.69 Å². The summed E-state index contributed by atoms with van der Waals surface area (Å²) in [7, 11) is 2.71. The van der Waals surface area contributed by atoms with E-state index >= 15 is 0 Å². The second-order valence-corrected chi connectivity index (χ2v) is 13.2. The minimum absolute atomic E-state index is 0.00398. The molecule has 0 aliphatic carbocycles. The standard InChI is InChI=1S/C20H24FN5O3.C14H16FN3O3.C6H8N2/c1-14-6-7-16(12-22-14)23-19(27)24-17-5-3-4-15(18(17)21)13-25-8-10-26(11-9-25)20(28)29-2;1-21-14(20)18-7-5-17(6-8-18)9-11-3-2-4-12(13(11)15)16-10-19;1-5-2-3-6(7)4-8-5/h3-7,12H,8-11,13H2,1-2H3,(H2,23,24,27);2-4H,5-9H2,1H3;2-4H,7H2,1H3. The summed E-state index contributed by atoms with van der Waals surface area (Å²) in [6.07, 6.45) is 3.83. The summed E-state index contributed by atoms with van der Waals surface area (Å²) < 4.78 is 38.3. The number of carbonyl (C=O) groups excluding carboxylic acids is 4. The number of nitrogens with zero attached hydrogens (tertiary/aromatic N) is 7. The lowest BCUT2D eigenvalue weighted by Gasteiger charge is -2.33. The van der Waals surface area contributed by atoms with Crippen molar-refractivity contribution in [2.45, 2.75) is 26.9 Å². The van der Waals surface area contributed by atoms with E-state index in [1.807, 2.05) is 30.9 Å². The molecule has 0 unspecified atom stereocenters. The molecule has 2 aromatic heterocycles. The van der Waals surface area contributed by atoms with Crippen LogP contribution in [0.3, 0.4) is 0 Å². The number of hydrogen-bond donors (Lipinski definition) is 3. The van der Waals surface area contributed by atoms with E-state index in [1.54, 1.807) is 52.4 Å². The number of aromatic nitrogens is 2. The van der Waals surface area contributed by atoms with Crippen LogP contribution in [0.25, 0.3) is 0 Å². The number of nitrogen functional groups attached to an aromatic ring is 1. The van der Waals surface area contributed by atoms with Crippen molar-refractivity contribution in [1.29, 1.82) is 0 Å². The van der Waals surface area contributed by atoms with Crippen molar-refractivity contribution in [3.63, 3.8) is 0 Å². The third-order valence-corrected chi connectivity index (χ3v) is 9.05. The molecule has 4 N–H and O–H groups in total. The molecule has 308 valence electrons. The van der Waals surface area contributed by atoms with Crippen LogP contribution in [0.1, 0.15) is 22.5 Å². The molecule has 0 saturated carbocycles. The van der Waals surface area contributed by atoms with Crippen LogP contribution in [0.2, 0.25) is 0 Å². The summed E-state index contributed by atoms with van der Waals surface area (Å²) in [4.78, 5) is 64.1. The zero-order chi connectivity index (χ0) is 42.0. The number of aryl methyl sites for hydroxylation is 2. The molecule has 18 heteroatoms. The molecule has 6 rings (SSSR count). The lowest BCUT2D eigenvalue weighted by molar-refractivity contribution is 0.0880. The Balaban J connectivity index is 0.000000222. The van der Waals surface area contributed by atoms with Gasteiger partial charge in [0.2, 0.25) is 6.08 Å². The van der Waals surface area contributed by atoms with Crippen LogP contribution in [0.5, 0.6) is 0 Å². The molecule has 4 aromatic rings. The monoisotopic (exact) mass is 802 g/mol. The predicted octanol–water partition coefficient (Wildman–Crippen LogP) is 5.71. The molecule has 2 aliphatic heterocycles. The van der Waals surface area contributed by atoms with Gasteiger partial charge in [-0.25, -0.2) is 28.0 Å². The summed E-state index contributed by atoms with van der Waals surface area (Å²) in [5, 5.41) is 5.17. The molecule has 2 saturated heterocycles. The van der Waals surface area contributed by atoms with Gasteiger partial charge >= 0.3 is 18.2 Å². The molecule has 0 bridgehead atoms. The molecule has 0 spiro atoms. The quantitative estimate of drug-likeness (QED) is 0.154. The topological polar surface area (TPSA) is 188 Å². The highest BCUT2D eigenvalue weighted by Crippen LogP contribution is 2.23. The fourth-order valence-electron chi connectivity index (χ4n) is 5.85. The lowest BCUT2D eigenvalue weighted by Crippen LogP contribution is -2.48. The Bertz CT molecular complexity index is 2000. The van der Waals surface area contributed by atoms with Crippen LogP contribution in [-0.2, 0) is 27.4 Å². The SMILES string of the molecule is COC(=O)N1CCN(Cc2cccc(N=C=O)c2F)CC1.COC(=O)N1CCN(Cc2cccc(NC(=O)Nc3ccc(C)nc3)c2F)CC1.Cc1ccc(N)cn1. The highest BCUT2D eigenvalue weighted by molar-refractivity contribution is 5.99. The number of methoxy groups -OCH3 is 2. The molecule has 58 heavy (non-hydrogen) atoms. The van der Waals surface area contributed by atoms with Gasteiger partial charge in [0, 0.05) is 88.0 Å². The number of nitrogens with two attached hydrogens (primary N) is 1. The van der Waals surface area contributed by atoms with E-state index in [-0.39, 0.29) is 23.6 Å². The van der Waals surface area contributed by atoms with Crippen LogP contribution in [0, 0.1) is 25.5 Å². The second-order valence-electron chi connectivity index (χ2n) is 13.2. The van der Waals surface area contributed by atoms with Crippen molar-refractivity contribution in [1.82, 2.24) is 29.6 Å². The third kappa shape index (κ3) is 13.6. The van der Waals surface area contributed by atoms with Gasteiger partial charge in [-0.05, 0) is 50.2 Å². The Kier molecular flexibility index (Phi) is 17.0. The molecule has 2 aliphatic rings. The normalized spacial score (nSPS) is 14.0. The number of urea groups is 1. The first-order valence-corrected chi connectivity index (χ1v) is 18.3. The number of carbonyl (C=O) groups is 3. The molecule has 4 amide bonds.